The van der Waals surface area contributed by atoms with E-state index in [1.807, 2.05) is 11.8 Å². The monoisotopic (exact) mass is 245 g/mol. The maximum absolute atomic E-state index is 11.3. The van der Waals surface area contributed by atoms with E-state index in [9.17, 15) is 14.7 Å². The lowest BCUT2D eigenvalue weighted by Gasteiger charge is -2.27. The van der Waals surface area contributed by atoms with Crippen LogP contribution in [0.4, 0.5) is 4.79 Å². The third-order valence-corrected chi connectivity index (χ3v) is 2.19. The van der Waals surface area contributed by atoms with Crippen LogP contribution in [0.3, 0.4) is 0 Å². The van der Waals surface area contributed by atoms with Crippen molar-refractivity contribution in [2.24, 2.45) is 0 Å². The summed E-state index contributed by atoms with van der Waals surface area (Å²) in [6.45, 7) is 7.17. The molecule has 0 aliphatic heterocycles. The van der Waals surface area contributed by atoms with Crippen LogP contribution >= 0.6 is 0 Å². The summed E-state index contributed by atoms with van der Waals surface area (Å²) in [5, 5.41) is 14.2. The van der Waals surface area contributed by atoms with Crippen molar-refractivity contribution >= 4 is 11.9 Å². The number of nitrogens with one attached hydrogen (secondary N) is 2. The van der Waals surface area contributed by atoms with Crippen molar-refractivity contribution in [1.82, 2.24) is 15.5 Å². The Balaban J connectivity index is 3.98. The zero-order chi connectivity index (χ0) is 13.5. The number of amides is 3. The maximum Gasteiger partial charge on any atom is 0.321 e. The van der Waals surface area contributed by atoms with Crippen molar-refractivity contribution in [2.75, 3.05) is 26.7 Å². The van der Waals surface area contributed by atoms with E-state index in [-0.39, 0.29) is 12.3 Å². The van der Waals surface area contributed by atoms with Gasteiger partial charge in [0.25, 0.3) is 0 Å². The number of hydrogen-bond acceptors (Lipinski definition) is 4. The lowest BCUT2D eigenvalue weighted by molar-refractivity contribution is -0.120. The molecular weight excluding hydrogens is 222 g/mol. The Labute approximate surface area is 102 Å². The van der Waals surface area contributed by atoms with Crippen LogP contribution in [0.2, 0.25) is 0 Å². The largest absolute Gasteiger partial charge is 0.389 e. The molecular formula is C11H23N3O3. The second kappa shape index (κ2) is 7.24. The first-order valence-electron chi connectivity index (χ1n) is 5.74. The third kappa shape index (κ3) is 8.65. The smallest absolute Gasteiger partial charge is 0.321 e. The number of carbonyl (C=O) groups is 2. The van der Waals surface area contributed by atoms with Crippen molar-refractivity contribution in [3.8, 4) is 0 Å². The molecule has 17 heavy (non-hydrogen) atoms. The minimum absolute atomic E-state index is 0.233. The summed E-state index contributed by atoms with van der Waals surface area (Å²) >= 11 is 0. The van der Waals surface area contributed by atoms with Gasteiger partial charge in [0.2, 0.25) is 5.91 Å². The highest BCUT2D eigenvalue weighted by atomic mass is 16.3. The molecule has 0 fully saturated rings. The van der Waals surface area contributed by atoms with Gasteiger partial charge in [0.1, 0.15) is 0 Å². The minimum atomic E-state index is -0.784. The number of urea groups is 1. The summed E-state index contributed by atoms with van der Waals surface area (Å²) in [4.78, 5) is 24.2. The van der Waals surface area contributed by atoms with Gasteiger partial charge in [-0.3, -0.25) is 10.1 Å². The highest BCUT2D eigenvalue weighted by Gasteiger charge is 2.17. The number of imide groups is 1. The summed E-state index contributed by atoms with van der Waals surface area (Å²) in [6.07, 6.45) is 0.233. The van der Waals surface area contributed by atoms with Crippen LogP contribution in [0, 0.1) is 0 Å². The van der Waals surface area contributed by atoms with Crippen LogP contribution in [0.25, 0.3) is 0 Å². The van der Waals surface area contributed by atoms with Gasteiger partial charge in [-0.1, -0.05) is 6.92 Å². The maximum atomic E-state index is 11.3. The van der Waals surface area contributed by atoms with Crippen LogP contribution in [0.5, 0.6) is 0 Å². The fourth-order valence-corrected chi connectivity index (χ4v) is 1.41. The number of hydrogen-bond donors (Lipinski definition) is 3. The molecule has 0 aromatic rings. The van der Waals surface area contributed by atoms with Crippen molar-refractivity contribution in [3.63, 3.8) is 0 Å². The van der Waals surface area contributed by atoms with E-state index in [0.717, 1.165) is 6.54 Å². The molecule has 0 aliphatic carbocycles. The summed E-state index contributed by atoms with van der Waals surface area (Å²) in [7, 11) is 1.45. The zero-order valence-electron chi connectivity index (χ0n) is 11.0. The predicted octanol–water partition coefficient (Wildman–Crippen LogP) is -0.0751. The first kappa shape index (κ1) is 15.9. The first-order valence-corrected chi connectivity index (χ1v) is 5.74. The summed E-state index contributed by atoms with van der Waals surface area (Å²) < 4.78 is 0. The fraction of sp³-hybridized carbons (Fsp3) is 0.818. The van der Waals surface area contributed by atoms with Crippen molar-refractivity contribution in [3.05, 3.63) is 0 Å². The molecule has 0 saturated heterocycles. The Kier molecular flexibility index (Phi) is 6.75. The highest BCUT2D eigenvalue weighted by Crippen LogP contribution is 2.05. The molecule has 0 bridgehead atoms. The topological polar surface area (TPSA) is 81.7 Å². The van der Waals surface area contributed by atoms with Gasteiger partial charge in [-0.05, 0) is 20.4 Å². The van der Waals surface area contributed by atoms with Crippen LogP contribution in [-0.4, -0.2) is 54.2 Å². The number of likely N-dealkylation sites (N-methyl/N-ethyl adjacent to an activating group) is 1. The average molecular weight is 245 g/mol. The molecule has 0 aromatic carbocycles. The Hall–Kier alpha value is -1.14. The van der Waals surface area contributed by atoms with Gasteiger partial charge in [-0.15, -0.1) is 0 Å². The van der Waals surface area contributed by atoms with Crippen molar-refractivity contribution in [1.29, 1.82) is 0 Å². The van der Waals surface area contributed by atoms with Crippen molar-refractivity contribution < 1.29 is 14.7 Å². The van der Waals surface area contributed by atoms with Gasteiger partial charge in [-0.25, -0.2) is 4.79 Å². The second-order valence-corrected chi connectivity index (χ2v) is 4.56. The average Bonchev–Trinajstić information content (AvgIpc) is 2.22. The molecule has 6 heteroatoms. The molecule has 0 atom stereocenters. The van der Waals surface area contributed by atoms with Crippen LogP contribution < -0.4 is 10.6 Å². The van der Waals surface area contributed by atoms with E-state index >= 15 is 0 Å². The van der Waals surface area contributed by atoms with Gasteiger partial charge in [-0.2, -0.15) is 0 Å². The second-order valence-electron chi connectivity index (χ2n) is 4.56. The molecule has 0 saturated carbocycles. The van der Waals surface area contributed by atoms with Crippen molar-refractivity contribution in [2.45, 2.75) is 32.8 Å². The lowest BCUT2D eigenvalue weighted by Crippen LogP contribution is -2.42. The van der Waals surface area contributed by atoms with E-state index < -0.39 is 11.6 Å². The Bertz CT molecular complexity index is 261. The SMILES string of the molecule is CCN(CCC(=O)NC(=O)NC)CC(C)(C)O. The molecule has 3 N–H and O–H groups in total. The van der Waals surface area contributed by atoms with Gasteiger partial charge >= 0.3 is 6.03 Å². The Morgan fingerprint density at radius 3 is 2.35 bits per heavy atom. The molecule has 3 amide bonds. The van der Waals surface area contributed by atoms with Gasteiger partial charge < -0.3 is 15.3 Å². The normalized spacial score (nSPS) is 11.4. The number of aliphatic hydroxyl groups is 1. The molecule has 0 radical (unpaired) electrons. The molecule has 0 spiro atoms. The lowest BCUT2D eigenvalue weighted by atomic mass is 10.1. The Morgan fingerprint density at radius 1 is 1.35 bits per heavy atom. The fourth-order valence-electron chi connectivity index (χ4n) is 1.41. The molecule has 0 unspecified atom stereocenters. The van der Waals surface area contributed by atoms with Gasteiger partial charge in [0.15, 0.2) is 0 Å². The molecule has 0 heterocycles. The van der Waals surface area contributed by atoms with E-state index in [1.165, 1.54) is 7.05 Å². The number of carbonyl (C=O) groups excluding carboxylic acids is 2. The van der Waals surface area contributed by atoms with E-state index in [0.29, 0.717) is 13.1 Å². The number of rotatable bonds is 6. The summed E-state index contributed by atoms with van der Waals surface area (Å²) in [5.74, 6) is -0.321. The first-order chi connectivity index (χ1) is 7.78. The summed E-state index contributed by atoms with van der Waals surface area (Å²) in [6, 6.07) is -0.500. The summed E-state index contributed by atoms with van der Waals surface area (Å²) in [5.41, 5.74) is -0.784. The highest BCUT2D eigenvalue weighted by molar-refractivity contribution is 5.94. The standard InChI is InChI=1S/C11H23N3O3/c1-5-14(8-11(2,3)17)7-6-9(15)13-10(16)12-4/h17H,5-8H2,1-4H3,(H2,12,13,15,16). The molecule has 0 aromatic heterocycles. The molecule has 100 valence electrons. The number of nitrogens with zero attached hydrogens (tertiary/aromatic N) is 1. The van der Waals surface area contributed by atoms with E-state index in [1.54, 1.807) is 13.8 Å². The molecule has 0 rings (SSSR count). The van der Waals surface area contributed by atoms with Gasteiger partial charge in [0.05, 0.1) is 5.60 Å². The zero-order valence-corrected chi connectivity index (χ0v) is 11.0. The van der Waals surface area contributed by atoms with Gasteiger partial charge in [0, 0.05) is 26.6 Å². The van der Waals surface area contributed by atoms with E-state index in [2.05, 4.69) is 10.6 Å². The van der Waals surface area contributed by atoms with E-state index in [4.69, 9.17) is 0 Å². The van der Waals surface area contributed by atoms with Crippen LogP contribution in [-0.2, 0) is 4.79 Å². The molecule has 6 nitrogen and oxygen atoms in total. The Morgan fingerprint density at radius 2 is 1.94 bits per heavy atom. The minimum Gasteiger partial charge on any atom is -0.389 e. The van der Waals surface area contributed by atoms with Crippen LogP contribution in [0.15, 0.2) is 0 Å². The molecule has 0 aliphatic rings. The quantitative estimate of drug-likeness (QED) is 0.611. The predicted molar refractivity (Wildman–Crippen MR) is 65.6 cm³/mol. The third-order valence-electron chi connectivity index (χ3n) is 2.19. The van der Waals surface area contributed by atoms with Crippen LogP contribution in [0.1, 0.15) is 27.2 Å².